The second-order valence-corrected chi connectivity index (χ2v) is 15.6. The van der Waals surface area contributed by atoms with Crippen molar-refractivity contribution in [1.82, 2.24) is 0 Å². The monoisotopic (exact) mass is 738 g/mol. The zero-order chi connectivity index (χ0) is 36.5. The Kier molecular flexibility index (Phi) is 9.01. The Labute approximate surface area is 325 Å². The van der Waals surface area contributed by atoms with E-state index in [-0.39, 0.29) is 9.49 Å². The van der Waals surface area contributed by atoms with Gasteiger partial charge in [0.1, 0.15) is 11.5 Å². The summed E-state index contributed by atoms with van der Waals surface area (Å²) in [5.41, 5.74) is 8.82. The van der Waals surface area contributed by atoms with Crippen molar-refractivity contribution in [2.75, 3.05) is 13.2 Å². The number of hydrazone groups is 1. The number of rotatable bonds is 0. The van der Waals surface area contributed by atoms with Crippen molar-refractivity contribution in [3.05, 3.63) is 196 Å². The van der Waals surface area contributed by atoms with E-state index in [4.69, 9.17) is 27.5 Å². The molecule has 2 N–H and O–H groups in total. The van der Waals surface area contributed by atoms with Crippen LogP contribution in [0.3, 0.4) is 0 Å². The van der Waals surface area contributed by atoms with Crippen molar-refractivity contribution < 1.29 is 9.47 Å². The lowest BCUT2D eigenvalue weighted by Gasteiger charge is -2.31. The first-order valence-electron chi connectivity index (χ1n) is 18.3. The molecule has 4 nitrogen and oxygen atoms in total. The first kappa shape index (κ1) is 34.1. The minimum atomic E-state index is -0.0381. The second-order valence-electron chi connectivity index (χ2n) is 13.7. The molecule has 11 rings (SSSR count). The SMILES string of the molecule is C1=Cc2ccccc2C2(SC23CCOc2ccccc23)c2ccccc21.N/N=C1/CCOc2ccccc21.S=c1c2ccccc2ccc2ccccc12. The van der Waals surface area contributed by atoms with Crippen LogP contribution in [-0.4, -0.2) is 18.9 Å². The van der Waals surface area contributed by atoms with Gasteiger partial charge in [0, 0.05) is 34.7 Å². The van der Waals surface area contributed by atoms with Gasteiger partial charge >= 0.3 is 0 Å². The highest BCUT2D eigenvalue weighted by atomic mass is 32.2. The molecule has 2 spiro atoms. The highest BCUT2D eigenvalue weighted by molar-refractivity contribution is 8.08. The maximum absolute atomic E-state index is 6.01. The largest absolute Gasteiger partial charge is 0.493 e. The van der Waals surface area contributed by atoms with Crippen molar-refractivity contribution in [2.45, 2.75) is 22.3 Å². The summed E-state index contributed by atoms with van der Waals surface area (Å²) in [5.74, 6) is 7.18. The molecule has 1 saturated heterocycles. The van der Waals surface area contributed by atoms with Crippen LogP contribution in [0, 0.1) is 4.51 Å². The first-order valence-corrected chi connectivity index (χ1v) is 19.5. The third-order valence-corrected chi connectivity index (χ3v) is 13.2. The van der Waals surface area contributed by atoms with Gasteiger partial charge in [-0.1, -0.05) is 164 Å². The Morgan fingerprint density at radius 3 is 1.72 bits per heavy atom. The van der Waals surface area contributed by atoms with Gasteiger partial charge in [0.05, 0.1) is 32.9 Å². The number of hydrogen-bond donors (Lipinski definition) is 1. The number of para-hydroxylation sites is 2. The molecule has 4 aliphatic rings. The summed E-state index contributed by atoms with van der Waals surface area (Å²) < 4.78 is 12.4. The number of fused-ring (bicyclic) bond motifs is 10. The number of ether oxygens (including phenoxy) is 2. The molecular formula is C48H38N2O2S2. The van der Waals surface area contributed by atoms with Gasteiger partial charge in [-0.25, -0.2) is 0 Å². The van der Waals surface area contributed by atoms with Crippen LogP contribution in [0.2, 0.25) is 0 Å². The maximum Gasteiger partial charge on any atom is 0.128 e. The second kappa shape index (κ2) is 14.3. The molecule has 7 aromatic carbocycles. The van der Waals surface area contributed by atoms with Gasteiger partial charge in [-0.2, -0.15) is 5.10 Å². The molecule has 0 aromatic heterocycles. The Hall–Kier alpha value is -5.69. The number of nitrogens with zero attached hydrogens (tertiary/aromatic N) is 1. The van der Waals surface area contributed by atoms with Gasteiger partial charge in [0.25, 0.3) is 0 Å². The molecule has 1 unspecified atom stereocenters. The quantitative estimate of drug-likeness (QED) is 0.0727. The van der Waals surface area contributed by atoms with E-state index in [1.165, 1.54) is 38.6 Å². The lowest BCUT2D eigenvalue weighted by Crippen LogP contribution is -2.30. The summed E-state index contributed by atoms with van der Waals surface area (Å²) in [6.07, 6.45) is 6.40. The van der Waals surface area contributed by atoms with Crippen LogP contribution in [0.15, 0.2) is 163 Å². The van der Waals surface area contributed by atoms with Gasteiger partial charge in [0.2, 0.25) is 0 Å². The summed E-state index contributed by atoms with van der Waals surface area (Å²) in [6.45, 7) is 1.45. The molecule has 0 saturated carbocycles. The van der Waals surface area contributed by atoms with E-state index in [9.17, 15) is 0 Å². The van der Waals surface area contributed by atoms with Gasteiger partial charge in [-0.05, 0) is 51.2 Å². The molecule has 1 atom stereocenters. The van der Waals surface area contributed by atoms with E-state index in [1.807, 2.05) is 48.5 Å². The average Bonchev–Trinajstić information content (AvgIpc) is 3.96. The highest BCUT2D eigenvalue weighted by Gasteiger charge is 2.73. The van der Waals surface area contributed by atoms with E-state index in [0.29, 0.717) is 6.61 Å². The smallest absolute Gasteiger partial charge is 0.128 e. The number of benzene rings is 6. The molecule has 0 radical (unpaired) electrons. The number of thioether (sulfide) groups is 1. The standard InChI is InChI=1S/C24H18OS.C15H10S.C9H10N2O/c1-3-9-19-17(7-1)13-14-18-8-2-4-10-20(18)24(19)23(26-24)15-16-25-22-12-6-5-11-21(22)23;16-15-13-7-3-1-5-11(13)9-10-12-6-2-4-8-14(12)15;10-11-8-5-6-12-9-4-2-1-3-7(8)9/h1-14H,15-16H2;1-10H;1-4H,5-6,10H2/b;;11-8-. The molecule has 3 aliphatic heterocycles. The van der Waals surface area contributed by atoms with Crippen molar-refractivity contribution in [3.63, 3.8) is 0 Å². The fourth-order valence-corrected chi connectivity index (χ4v) is 10.6. The number of nitrogens with two attached hydrogens (primary N) is 1. The molecule has 54 heavy (non-hydrogen) atoms. The average molecular weight is 739 g/mol. The minimum absolute atomic E-state index is 0.0381. The molecule has 0 amide bonds. The van der Waals surface area contributed by atoms with Crippen LogP contribution >= 0.6 is 24.0 Å². The van der Waals surface area contributed by atoms with E-state index in [2.05, 4.69) is 138 Å². The Balaban J connectivity index is 0.000000117. The molecule has 1 aliphatic carbocycles. The molecule has 6 heteroatoms. The fourth-order valence-electron chi connectivity index (χ4n) is 8.25. The summed E-state index contributed by atoms with van der Waals surface area (Å²) in [6, 6.07) is 55.0. The molecule has 3 heterocycles. The van der Waals surface area contributed by atoms with Crippen LogP contribution in [0.25, 0.3) is 33.7 Å². The zero-order valence-electron chi connectivity index (χ0n) is 29.7. The third-order valence-electron chi connectivity index (χ3n) is 10.8. The van der Waals surface area contributed by atoms with E-state index in [0.717, 1.165) is 57.5 Å². The topological polar surface area (TPSA) is 56.8 Å². The van der Waals surface area contributed by atoms with Gasteiger partial charge in [-0.15, -0.1) is 11.8 Å². The van der Waals surface area contributed by atoms with Crippen molar-refractivity contribution in [3.8, 4) is 11.5 Å². The van der Waals surface area contributed by atoms with E-state index in [1.54, 1.807) is 0 Å². The van der Waals surface area contributed by atoms with Crippen molar-refractivity contribution in [2.24, 2.45) is 10.9 Å². The molecular weight excluding hydrogens is 701 g/mol. The Morgan fingerprint density at radius 1 is 0.556 bits per heavy atom. The van der Waals surface area contributed by atoms with Crippen LogP contribution in [0.1, 0.15) is 46.2 Å². The van der Waals surface area contributed by atoms with Crippen molar-refractivity contribution >= 4 is 63.4 Å². The van der Waals surface area contributed by atoms with Crippen LogP contribution in [0.4, 0.5) is 0 Å². The maximum atomic E-state index is 6.01. The normalized spacial score (nSPS) is 18.6. The van der Waals surface area contributed by atoms with E-state index < -0.39 is 0 Å². The van der Waals surface area contributed by atoms with E-state index >= 15 is 0 Å². The van der Waals surface area contributed by atoms with Gasteiger partial charge < -0.3 is 15.3 Å². The number of hydrogen-bond acceptors (Lipinski definition) is 6. The van der Waals surface area contributed by atoms with Gasteiger partial charge in [0.15, 0.2) is 0 Å². The minimum Gasteiger partial charge on any atom is -0.493 e. The highest BCUT2D eigenvalue weighted by Crippen LogP contribution is 2.82. The third kappa shape index (κ3) is 5.77. The molecule has 1 fully saturated rings. The lowest BCUT2D eigenvalue weighted by molar-refractivity contribution is 0.258. The Bertz CT molecular complexity index is 2560. The lowest BCUT2D eigenvalue weighted by atomic mass is 9.73. The van der Waals surface area contributed by atoms with Crippen LogP contribution in [0.5, 0.6) is 11.5 Å². The molecule has 0 bridgehead atoms. The van der Waals surface area contributed by atoms with Crippen LogP contribution < -0.4 is 15.3 Å². The Morgan fingerprint density at radius 2 is 1.07 bits per heavy atom. The predicted octanol–water partition coefficient (Wildman–Crippen LogP) is 11.7. The summed E-state index contributed by atoms with van der Waals surface area (Å²) in [4.78, 5) is 0. The summed E-state index contributed by atoms with van der Waals surface area (Å²) in [5, 5.41) is 8.42. The zero-order valence-corrected chi connectivity index (χ0v) is 31.3. The van der Waals surface area contributed by atoms with Crippen LogP contribution in [-0.2, 0) is 9.49 Å². The van der Waals surface area contributed by atoms with Gasteiger partial charge in [-0.3, -0.25) is 0 Å². The summed E-state index contributed by atoms with van der Waals surface area (Å²) >= 11 is 7.67. The first-order chi connectivity index (χ1) is 26.6. The molecule has 264 valence electrons. The molecule has 7 aromatic rings. The predicted molar refractivity (Wildman–Crippen MR) is 228 cm³/mol. The summed E-state index contributed by atoms with van der Waals surface area (Å²) in [7, 11) is 0. The fraction of sp³-hybridized carbons (Fsp3) is 0.125. The van der Waals surface area contributed by atoms with Crippen molar-refractivity contribution in [1.29, 1.82) is 0 Å².